The molecule has 8 heteroatoms. The molecule has 4 amide bonds. The minimum absolute atomic E-state index is 0.154. The maximum atomic E-state index is 13.2. The SMILES string of the molecule is Cc1cccc(N2C(=O)NC(=O)/C(=C/c3cccc(OCc4ccc(Cl)cc4Cl)c3)C2=O)c1C. The van der Waals surface area contributed by atoms with Crippen LogP contribution in [-0.4, -0.2) is 17.8 Å². The van der Waals surface area contributed by atoms with E-state index in [0.717, 1.165) is 21.6 Å². The van der Waals surface area contributed by atoms with Gasteiger partial charge in [0.15, 0.2) is 0 Å². The first kappa shape index (κ1) is 23.5. The van der Waals surface area contributed by atoms with E-state index in [9.17, 15) is 14.4 Å². The summed E-state index contributed by atoms with van der Waals surface area (Å²) in [4.78, 5) is 39.2. The van der Waals surface area contributed by atoms with Crippen LogP contribution in [-0.2, 0) is 16.2 Å². The summed E-state index contributed by atoms with van der Waals surface area (Å²) in [5.74, 6) is -0.927. The summed E-state index contributed by atoms with van der Waals surface area (Å²) >= 11 is 12.1. The van der Waals surface area contributed by atoms with E-state index in [4.69, 9.17) is 27.9 Å². The van der Waals surface area contributed by atoms with Crippen molar-refractivity contribution in [1.29, 1.82) is 0 Å². The molecule has 172 valence electrons. The van der Waals surface area contributed by atoms with Crippen LogP contribution in [0, 0.1) is 13.8 Å². The van der Waals surface area contributed by atoms with Crippen LogP contribution in [0.2, 0.25) is 10.0 Å². The molecule has 1 saturated heterocycles. The van der Waals surface area contributed by atoms with Crippen molar-refractivity contribution in [3.05, 3.63) is 98.5 Å². The number of carbonyl (C=O) groups excluding carboxylic acids is 3. The molecule has 0 saturated carbocycles. The first-order valence-electron chi connectivity index (χ1n) is 10.4. The van der Waals surface area contributed by atoms with Gasteiger partial charge in [-0.25, -0.2) is 9.69 Å². The van der Waals surface area contributed by atoms with Gasteiger partial charge in [0, 0.05) is 15.6 Å². The van der Waals surface area contributed by atoms with Crippen molar-refractivity contribution in [2.24, 2.45) is 0 Å². The molecule has 3 aromatic rings. The highest BCUT2D eigenvalue weighted by atomic mass is 35.5. The number of amides is 4. The largest absolute Gasteiger partial charge is 0.489 e. The number of hydrogen-bond acceptors (Lipinski definition) is 4. The highest BCUT2D eigenvalue weighted by Gasteiger charge is 2.37. The number of rotatable bonds is 5. The number of urea groups is 1. The topological polar surface area (TPSA) is 75.7 Å². The number of aryl methyl sites for hydroxylation is 1. The number of anilines is 1. The molecule has 1 fully saturated rings. The fourth-order valence-corrected chi connectivity index (χ4v) is 3.98. The third kappa shape index (κ3) is 4.83. The summed E-state index contributed by atoms with van der Waals surface area (Å²) in [6.07, 6.45) is 1.43. The standard InChI is InChI=1S/C26H20Cl2N2O4/c1-15-5-3-8-23(16(15)2)30-25(32)21(24(31)29-26(30)33)12-17-6-4-7-20(11-17)34-14-18-9-10-19(27)13-22(18)28/h3-13H,14H2,1-2H3,(H,29,31,33)/b21-12-. The number of barbiturate groups is 1. The van der Waals surface area contributed by atoms with Crippen LogP contribution in [0.1, 0.15) is 22.3 Å². The molecule has 3 aromatic carbocycles. The molecule has 1 aliphatic heterocycles. The van der Waals surface area contributed by atoms with Crippen molar-refractivity contribution in [2.45, 2.75) is 20.5 Å². The average Bonchev–Trinajstić information content (AvgIpc) is 2.79. The summed E-state index contributed by atoms with van der Waals surface area (Å²) < 4.78 is 5.83. The van der Waals surface area contributed by atoms with Crippen molar-refractivity contribution >= 4 is 52.8 Å². The fourth-order valence-electron chi connectivity index (χ4n) is 3.51. The minimum Gasteiger partial charge on any atom is -0.489 e. The van der Waals surface area contributed by atoms with Crippen molar-refractivity contribution in [1.82, 2.24) is 5.32 Å². The second-order valence-corrected chi connectivity index (χ2v) is 8.62. The normalized spacial score (nSPS) is 15.0. The Bertz CT molecular complexity index is 1350. The summed E-state index contributed by atoms with van der Waals surface area (Å²) in [6.45, 7) is 3.92. The zero-order chi connectivity index (χ0) is 24.4. The molecule has 0 aromatic heterocycles. The Balaban J connectivity index is 1.60. The molecule has 0 aliphatic carbocycles. The molecule has 1 N–H and O–H groups in total. The highest BCUT2D eigenvalue weighted by Crippen LogP contribution is 2.28. The molecule has 6 nitrogen and oxygen atoms in total. The van der Waals surface area contributed by atoms with Crippen molar-refractivity contribution in [3.8, 4) is 5.75 Å². The lowest BCUT2D eigenvalue weighted by Crippen LogP contribution is -2.54. The Morgan fingerprint density at radius 2 is 1.74 bits per heavy atom. The van der Waals surface area contributed by atoms with Gasteiger partial charge in [-0.15, -0.1) is 0 Å². The van der Waals surface area contributed by atoms with E-state index < -0.39 is 17.8 Å². The zero-order valence-corrected chi connectivity index (χ0v) is 19.9. The van der Waals surface area contributed by atoms with Crippen molar-refractivity contribution < 1.29 is 19.1 Å². The average molecular weight is 495 g/mol. The number of imide groups is 2. The van der Waals surface area contributed by atoms with Crippen LogP contribution in [0.3, 0.4) is 0 Å². The number of nitrogens with zero attached hydrogens (tertiary/aromatic N) is 1. The monoisotopic (exact) mass is 494 g/mol. The number of benzene rings is 3. The van der Waals surface area contributed by atoms with E-state index in [1.807, 2.05) is 19.9 Å². The van der Waals surface area contributed by atoms with E-state index in [1.54, 1.807) is 54.6 Å². The molecule has 34 heavy (non-hydrogen) atoms. The first-order chi connectivity index (χ1) is 16.2. The number of ether oxygens (including phenoxy) is 1. The van der Waals surface area contributed by atoms with E-state index in [0.29, 0.717) is 27.0 Å². The Kier molecular flexibility index (Phi) is 6.72. The molecule has 0 atom stereocenters. The zero-order valence-electron chi connectivity index (χ0n) is 18.4. The van der Waals surface area contributed by atoms with Gasteiger partial charge in [0.05, 0.1) is 5.69 Å². The summed E-state index contributed by atoms with van der Waals surface area (Å²) in [5, 5.41) is 3.28. The van der Waals surface area contributed by atoms with Gasteiger partial charge >= 0.3 is 6.03 Å². The minimum atomic E-state index is -0.780. The third-order valence-electron chi connectivity index (χ3n) is 5.50. The van der Waals surface area contributed by atoms with Crippen LogP contribution in [0.5, 0.6) is 5.75 Å². The maximum Gasteiger partial charge on any atom is 0.335 e. The molecule has 0 unspecified atom stereocenters. The lowest BCUT2D eigenvalue weighted by molar-refractivity contribution is -0.122. The van der Waals surface area contributed by atoms with Gasteiger partial charge < -0.3 is 4.74 Å². The number of halogens is 2. The molecule has 1 heterocycles. The van der Waals surface area contributed by atoms with E-state index in [-0.39, 0.29) is 12.2 Å². The summed E-state index contributed by atoms with van der Waals surface area (Å²) in [6, 6.07) is 16.6. The van der Waals surface area contributed by atoms with Crippen molar-refractivity contribution in [3.63, 3.8) is 0 Å². The van der Waals surface area contributed by atoms with Gasteiger partial charge in [0.1, 0.15) is 17.9 Å². The quantitative estimate of drug-likeness (QED) is 0.356. The van der Waals surface area contributed by atoms with Crippen LogP contribution in [0.15, 0.2) is 66.2 Å². The number of nitrogens with one attached hydrogen (secondary N) is 1. The Hall–Kier alpha value is -3.61. The summed E-state index contributed by atoms with van der Waals surface area (Å²) in [7, 11) is 0. The van der Waals surface area contributed by atoms with Gasteiger partial charge in [-0.1, -0.05) is 53.5 Å². The van der Waals surface area contributed by atoms with Crippen molar-refractivity contribution in [2.75, 3.05) is 4.90 Å². The molecule has 0 bridgehead atoms. The maximum absolute atomic E-state index is 13.2. The van der Waals surface area contributed by atoms with Crippen LogP contribution in [0.4, 0.5) is 10.5 Å². The highest BCUT2D eigenvalue weighted by molar-refractivity contribution is 6.39. The second kappa shape index (κ2) is 9.71. The Morgan fingerprint density at radius 1 is 0.971 bits per heavy atom. The molecule has 1 aliphatic rings. The lowest BCUT2D eigenvalue weighted by atomic mass is 10.0. The Morgan fingerprint density at radius 3 is 2.50 bits per heavy atom. The van der Waals surface area contributed by atoms with E-state index in [2.05, 4.69) is 5.32 Å². The van der Waals surface area contributed by atoms with E-state index >= 15 is 0 Å². The molecule has 0 spiro atoms. The van der Waals surface area contributed by atoms with Gasteiger partial charge in [-0.3, -0.25) is 14.9 Å². The second-order valence-electron chi connectivity index (χ2n) is 7.77. The number of hydrogen-bond donors (Lipinski definition) is 1. The molecule has 0 radical (unpaired) electrons. The van der Waals surface area contributed by atoms with Crippen LogP contribution >= 0.6 is 23.2 Å². The van der Waals surface area contributed by atoms with Gasteiger partial charge in [0.2, 0.25) is 0 Å². The molecular weight excluding hydrogens is 475 g/mol. The van der Waals surface area contributed by atoms with E-state index in [1.165, 1.54) is 6.08 Å². The third-order valence-corrected chi connectivity index (χ3v) is 6.08. The predicted molar refractivity (Wildman–Crippen MR) is 132 cm³/mol. The smallest absolute Gasteiger partial charge is 0.335 e. The number of carbonyl (C=O) groups is 3. The van der Waals surface area contributed by atoms with Crippen LogP contribution < -0.4 is 15.0 Å². The lowest BCUT2D eigenvalue weighted by Gasteiger charge is -2.28. The predicted octanol–water partition coefficient (Wildman–Crippen LogP) is 5.86. The van der Waals surface area contributed by atoms with Gasteiger partial charge in [0.25, 0.3) is 11.8 Å². The first-order valence-corrected chi connectivity index (χ1v) is 11.1. The molecule has 4 rings (SSSR count). The Labute approximate surface area is 206 Å². The molecular formula is C26H20Cl2N2O4. The van der Waals surface area contributed by atoms with Gasteiger partial charge in [-0.05, 0) is 66.9 Å². The van der Waals surface area contributed by atoms with Crippen LogP contribution in [0.25, 0.3) is 6.08 Å². The summed E-state index contributed by atoms with van der Waals surface area (Å²) in [5.41, 5.74) is 3.30. The fraction of sp³-hybridized carbons (Fsp3) is 0.115. The van der Waals surface area contributed by atoms with Gasteiger partial charge in [-0.2, -0.15) is 0 Å².